The molecule has 1 aliphatic rings. The van der Waals surface area contributed by atoms with Crippen molar-refractivity contribution >= 4 is 11.9 Å². The Labute approximate surface area is 172 Å². The number of carbonyl (C=O) groups is 2. The van der Waals surface area contributed by atoms with Gasteiger partial charge in [-0.05, 0) is 74.8 Å². The highest BCUT2D eigenvalue weighted by atomic mass is 16.4. The van der Waals surface area contributed by atoms with E-state index in [1.54, 1.807) is 0 Å². The molecule has 6 nitrogen and oxygen atoms in total. The van der Waals surface area contributed by atoms with Gasteiger partial charge < -0.3 is 10.0 Å². The minimum Gasteiger partial charge on any atom is -0.481 e. The number of rotatable bonds is 6. The van der Waals surface area contributed by atoms with Crippen LogP contribution >= 0.6 is 0 Å². The minimum absolute atomic E-state index is 0.0893. The summed E-state index contributed by atoms with van der Waals surface area (Å²) in [4.78, 5) is 25.9. The predicted octanol–water partition coefficient (Wildman–Crippen LogP) is 4.16. The lowest BCUT2D eigenvalue weighted by atomic mass is 9.79. The van der Waals surface area contributed by atoms with Gasteiger partial charge in [-0.2, -0.15) is 5.10 Å². The maximum Gasteiger partial charge on any atom is 0.303 e. The second-order valence-corrected chi connectivity index (χ2v) is 8.50. The molecule has 2 heterocycles. The fourth-order valence-corrected chi connectivity index (χ4v) is 4.23. The fourth-order valence-electron chi connectivity index (χ4n) is 4.23. The molecule has 0 bridgehead atoms. The lowest BCUT2D eigenvalue weighted by Crippen LogP contribution is -2.44. The van der Waals surface area contributed by atoms with Crippen LogP contribution in [0.25, 0.3) is 5.69 Å². The van der Waals surface area contributed by atoms with E-state index < -0.39 is 5.97 Å². The molecule has 0 saturated carbocycles. The first kappa shape index (κ1) is 21.1. The first-order valence-corrected chi connectivity index (χ1v) is 10.4. The maximum atomic E-state index is 13.0. The highest BCUT2D eigenvalue weighted by molar-refractivity contribution is 5.94. The van der Waals surface area contributed by atoms with Gasteiger partial charge in [-0.3, -0.25) is 9.59 Å². The van der Waals surface area contributed by atoms with Crippen molar-refractivity contribution in [3.8, 4) is 5.69 Å². The molecular weight excluding hydrogens is 366 g/mol. The molecule has 0 unspecified atom stereocenters. The zero-order valence-electron chi connectivity index (χ0n) is 17.9. The van der Waals surface area contributed by atoms with E-state index >= 15 is 0 Å². The van der Waals surface area contributed by atoms with Gasteiger partial charge in [-0.1, -0.05) is 13.8 Å². The largest absolute Gasteiger partial charge is 0.481 e. The van der Waals surface area contributed by atoms with Gasteiger partial charge in [0.1, 0.15) is 0 Å². The van der Waals surface area contributed by atoms with Crippen molar-refractivity contribution in [1.29, 1.82) is 0 Å². The molecule has 156 valence electrons. The Kier molecular flexibility index (Phi) is 6.10. The normalized spacial score (nSPS) is 19.4. The second-order valence-electron chi connectivity index (χ2n) is 8.50. The van der Waals surface area contributed by atoms with Gasteiger partial charge in [0.05, 0.1) is 11.4 Å². The molecule has 1 aliphatic heterocycles. The standard InChI is InChI=1S/C23H31N3O3/c1-5-23(4)13-6-14-25(15-23)22(29)18-7-9-19(10-8-18)26-17(3)20(16(2)24-26)11-12-21(27)28/h7-10H,5-6,11-15H2,1-4H3,(H,27,28)/t23-/m1/s1. The molecule has 1 aromatic heterocycles. The summed E-state index contributed by atoms with van der Waals surface area (Å²) in [6.45, 7) is 9.95. The molecule has 2 aromatic rings. The number of hydrogen-bond acceptors (Lipinski definition) is 3. The van der Waals surface area contributed by atoms with Gasteiger partial charge in [0.15, 0.2) is 0 Å². The molecule has 1 amide bonds. The maximum absolute atomic E-state index is 13.0. The van der Waals surface area contributed by atoms with Gasteiger partial charge in [-0.15, -0.1) is 0 Å². The van der Waals surface area contributed by atoms with E-state index in [9.17, 15) is 9.59 Å². The third-order valence-corrected chi connectivity index (χ3v) is 6.31. The number of aromatic nitrogens is 2. The van der Waals surface area contributed by atoms with Crippen molar-refractivity contribution in [2.24, 2.45) is 5.41 Å². The number of carboxylic acids is 1. The number of hydrogen-bond donors (Lipinski definition) is 1. The minimum atomic E-state index is -0.809. The van der Waals surface area contributed by atoms with Gasteiger partial charge in [0, 0.05) is 30.8 Å². The Morgan fingerprint density at radius 3 is 2.52 bits per heavy atom. The molecule has 6 heteroatoms. The van der Waals surface area contributed by atoms with E-state index in [1.165, 1.54) is 6.42 Å². The highest BCUT2D eigenvalue weighted by Crippen LogP contribution is 2.33. The van der Waals surface area contributed by atoms with E-state index in [2.05, 4.69) is 18.9 Å². The second kappa shape index (κ2) is 8.39. The number of carbonyl (C=O) groups excluding carboxylic acids is 1. The number of aliphatic carboxylic acids is 1. The van der Waals surface area contributed by atoms with E-state index in [0.717, 1.165) is 48.6 Å². The summed E-state index contributed by atoms with van der Waals surface area (Å²) in [5.74, 6) is -0.720. The number of piperidine rings is 1. The average Bonchev–Trinajstić information content (AvgIpc) is 2.99. The van der Waals surface area contributed by atoms with Crippen LogP contribution in [0.1, 0.15) is 66.8 Å². The molecule has 1 fully saturated rings. The summed E-state index contributed by atoms with van der Waals surface area (Å²) in [5, 5.41) is 13.5. The van der Waals surface area contributed by atoms with Gasteiger partial charge >= 0.3 is 5.97 Å². The number of likely N-dealkylation sites (tertiary alicyclic amines) is 1. The first-order valence-electron chi connectivity index (χ1n) is 10.4. The molecule has 3 rings (SSSR count). The van der Waals surface area contributed by atoms with Gasteiger partial charge in [0.25, 0.3) is 5.91 Å². The van der Waals surface area contributed by atoms with Crippen LogP contribution in [0.2, 0.25) is 0 Å². The number of nitrogens with zero attached hydrogens (tertiary/aromatic N) is 3. The topological polar surface area (TPSA) is 75.4 Å². The van der Waals surface area contributed by atoms with Crippen molar-refractivity contribution in [2.45, 2.75) is 59.8 Å². The van der Waals surface area contributed by atoms with E-state index in [0.29, 0.717) is 12.0 Å². The number of aryl methyl sites for hydroxylation is 1. The SMILES string of the molecule is CC[C@]1(C)CCCN(C(=O)c2ccc(-n3nc(C)c(CCC(=O)O)c3C)cc2)C1. The highest BCUT2D eigenvalue weighted by Gasteiger charge is 2.31. The molecule has 0 radical (unpaired) electrons. The van der Waals surface area contributed by atoms with E-state index in [1.807, 2.05) is 47.7 Å². The summed E-state index contributed by atoms with van der Waals surface area (Å²) in [6, 6.07) is 7.55. The quantitative estimate of drug-likeness (QED) is 0.794. The van der Waals surface area contributed by atoms with Gasteiger partial charge in [0.2, 0.25) is 0 Å². The third kappa shape index (κ3) is 4.52. The Balaban J connectivity index is 1.78. The van der Waals surface area contributed by atoms with Crippen molar-refractivity contribution in [3.63, 3.8) is 0 Å². The molecule has 0 aliphatic carbocycles. The van der Waals surface area contributed by atoms with Crippen molar-refractivity contribution in [3.05, 3.63) is 46.8 Å². The molecule has 29 heavy (non-hydrogen) atoms. The van der Waals surface area contributed by atoms with E-state index in [-0.39, 0.29) is 17.7 Å². The summed E-state index contributed by atoms with van der Waals surface area (Å²) in [5.41, 5.74) is 4.54. The molecule has 1 saturated heterocycles. The lowest BCUT2D eigenvalue weighted by Gasteiger charge is -2.40. The first-order chi connectivity index (χ1) is 13.7. The van der Waals surface area contributed by atoms with Crippen molar-refractivity contribution in [2.75, 3.05) is 13.1 Å². The fraction of sp³-hybridized carbons (Fsp3) is 0.522. The van der Waals surface area contributed by atoms with Crippen LogP contribution < -0.4 is 0 Å². The van der Waals surface area contributed by atoms with Crippen LogP contribution in [0.15, 0.2) is 24.3 Å². The van der Waals surface area contributed by atoms with Crippen molar-refractivity contribution in [1.82, 2.24) is 14.7 Å². The summed E-state index contributed by atoms with van der Waals surface area (Å²) in [7, 11) is 0. The lowest BCUT2D eigenvalue weighted by molar-refractivity contribution is -0.136. The average molecular weight is 398 g/mol. The van der Waals surface area contributed by atoms with Crippen molar-refractivity contribution < 1.29 is 14.7 Å². The molecular formula is C23H31N3O3. The smallest absolute Gasteiger partial charge is 0.303 e. The third-order valence-electron chi connectivity index (χ3n) is 6.31. The molecule has 1 aromatic carbocycles. The Hall–Kier alpha value is -2.63. The summed E-state index contributed by atoms with van der Waals surface area (Å²) in [6.07, 6.45) is 3.87. The summed E-state index contributed by atoms with van der Waals surface area (Å²) >= 11 is 0. The van der Waals surface area contributed by atoms with Crippen LogP contribution in [0.5, 0.6) is 0 Å². The Morgan fingerprint density at radius 2 is 1.90 bits per heavy atom. The van der Waals surface area contributed by atoms with Crippen LogP contribution in [-0.4, -0.2) is 44.8 Å². The van der Waals surface area contributed by atoms with E-state index in [4.69, 9.17) is 5.11 Å². The monoisotopic (exact) mass is 397 g/mol. The van der Waals surface area contributed by atoms with Crippen LogP contribution in [0.3, 0.4) is 0 Å². The van der Waals surface area contributed by atoms with Crippen LogP contribution in [0, 0.1) is 19.3 Å². The molecule has 0 spiro atoms. The molecule has 1 atom stereocenters. The number of carboxylic acid groups (broad SMARTS) is 1. The predicted molar refractivity (Wildman–Crippen MR) is 113 cm³/mol. The van der Waals surface area contributed by atoms with Gasteiger partial charge in [-0.25, -0.2) is 4.68 Å². The Morgan fingerprint density at radius 1 is 1.21 bits per heavy atom. The molecule has 1 N–H and O–H groups in total. The van der Waals surface area contributed by atoms with Crippen LogP contribution in [-0.2, 0) is 11.2 Å². The number of amides is 1. The Bertz CT molecular complexity index is 901. The van der Waals surface area contributed by atoms with Crippen LogP contribution in [0.4, 0.5) is 0 Å². The number of benzene rings is 1. The summed E-state index contributed by atoms with van der Waals surface area (Å²) < 4.78 is 1.83. The zero-order chi connectivity index (χ0) is 21.2. The zero-order valence-corrected chi connectivity index (χ0v) is 17.9.